The minimum absolute atomic E-state index is 0.0707. The van der Waals surface area contributed by atoms with Crippen molar-refractivity contribution in [3.63, 3.8) is 0 Å². The number of aromatic amines is 1. The summed E-state index contributed by atoms with van der Waals surface area (Å²) >= 11 is 0. The SMILES string of the molecule is O=c1[nH]c(CNCC2CCCO2)nc2c1COCC2. The first-order valence-corrected chi connectivity index (χ1v) is 6.84. The number of hydrogen-bond donors (Lipinski definition) is 2. The summed E-state index contributed by atoms with van der Waals surface area (Å²) in [6.45, 7) is 3.26. The Morgan fingerprint density at radius 2 is 2.37 bits per heavy atom. The molecule has 0 aliphatic carbocycles. The molecule has 3 rings (SSSR count). The third-order valence-electron chi connectivity index (χ3n) is 3.57. The van der Waals surface area contributed by atoms with Gasteiger partial charge in [0, 0.05) is 19.6 Å². The highest BCUT2D eigenvalue weighted by Crippen LogP contribution is 2.11. The number of nitrogens with zero attached hydrogens (tertiary/aromatic N) is 1. The molecule has 1 fully saturated rings. The quantitative estimate of drug-likeness (QED) is 0.808. The van der Waals surface area contributed by atoms with Gasteiger partial charge in [-0.25, -0.2) is 4.98 Å². The normalized spacial score (nSPS) is 22.4. The van der Waals surface area contributed by atoms with Crippen molar-refractivity contribution >= 4 is 0 Å². The summed E-state index contributed by atoms with van der Waals surface area (Å²) in [5, 5.41) is 3.29. The smallest absolute Gasteiger partial charge is 0.256 e. The summed E-state index contributed by atoms with van der Waals surface area (Å²) in [6, 6.07) is 0. The van der Waals surface area contributed by atoms with Gasteiger partial charge in [0.25, 0.3) is 5.56 Å². The highest BCUT2D eigenvalue weighted by atomic mass is 16.5. The molecule has 0 aromatic carbocycles. The van der Waals surface area contributed by atoms with Crippen LogP contribution in [0.15, 0.2) is 4.79 Å². The topological polar surface area (TPSA) is 76.2 Å². The number of hydrogen-bond acceptors (Lipinski definition) is 5. The first kappa shape index (κ1) is 12.8. The molecule has 0 saturated carbocycles. The number of rotatable bonds is 4. The zero-order valence-corrected chi connectivity index (χ0v) is 10.9. The van der Waals surface area contributed by atoms with Crippen molar-refractivity contribution in [2.24, 2.45) is 0 Å². The van der Waals surface area contributed by atoms with Crippen LogP contribution in [0.5, 0.6) is 0 Å². The molecule has 1 aromatic heterocycles. The number of ether oxygens (including phenoxy) is 2. The van der Waals surface area contributed by atoms with E-state index in [1.165, 1.54) is 0 Å². The monoisotopic (exact) mass is 265 g/mol. The second-order valence-electron chi connectivity index (χ2n) is 5.01. The summed E-state index contributed by atoms with van der Waals surface area (Å²) in [4.78, 5) is 19.2. The number of nitrogens with one attached hydrogen (secondary N) is 2. The third kappa shape index (κ3) is 3.02. The van der Waals surface area contributed by atoms with Crippen LogP contribution in [-0.2, 0) is 29.0 Å². The lowest BCUT2D eigenvalue weighted by Crippen LogP contribution is -2.30. The van der Waals surface area contributed by atoms with E-state index in [1.54, 1.807) is 0 Å². The van der Waals surface area contributed by atoms with Gasteiger partial charge in [0.1, 0.15) is 5.82 Å². The van der Waals surface area contributed by atoms with E-state index in [0.29, 0.717) is 37.3 Å². The van der Waals surface area contributed by atoms with Gasteiger partial charge in [-0.15, -0.1) is 0 Å². The van der Waals surface area contributed by atoms with Crippen LogP contribution in [0.25, 0.3) is 0 Å². The third-order valence-corrected chi connectivity index (χ3v) is 3.57. The van der Waals surface area contributed by atoms with Gasteiger partial charge >= 0.3 is 0 Å². The van der Waals surface area contributed by atoms with E-state index in [9.17, 15) is 4.79 Å². The fraction of sp³-hybridized carbons (Fsp3) is 0.692. The molecule has 3 heterocycles. The minimum atomic E-state index is -0.0707. The van der Waals surface area contributed by atoms with Crippen LogP contribution < -0.4 is 10.9 Å². The van der Waals surface area contributed by atoms with Crippen molar-refractivity contribution in [1.82, 2.24) is 15.3 Å². The van der Waals surface area contributed by atoms with Crippen LogP contribution in [0.1, 0.15) is 29.9 Å². The Labute approximate surface area is 111 Å². The lowest BCUT2D eigenvalue weighted by Gasteiger charge is -2.16. The predicted octanol–water partition coefficient (Wildman–Crippen LogP) is 0.111. The molecule has 0 amide bonds. The van der Waals surface area contributed by atoms with Crippen LogP contribution in [0, 0.1) is 0 Å². The molecule has 2 aliphatic rings. The van der Waals surface area contributed by atoms with Gasteiger partial charge in [0.2, 0.25) is 0 Å². The van der Waals surface area contributed by atoms with Crippen molar-refractivity contribution in [2.75, 3.05) is 19.8 Å². The highest BCUT2D eigenvalue weighted by Gasteiger charge is 2.17. The Kier molecular flexibility index (Phi) is 3.91. The van der Waals surface area contributed by atoms with Gasteiger partial charge in [-0.2, -0.15) is 0 Å². The standard InChI is InChI=1S/C13H19N3O3/c17-13-10-8-18-5-3-11(10)15-12(16-13)7-14-6-9-2-1-4-19-9/h9,14H,1-8H2,(H,15,16,17). The van der Waals surface area contributed by atoms with E-state index in [1.807, 2.05) is 0 Å². The highest BCUT2D eigenvalue weighted by molar-refractivity contribution is 5.19. The molecule has 0 bridgehead atoms. The summed E-state index contributed by atoms with van der Waals surface area (Å²) < 4.78 is 10.8. The van der Waals surface area contributed by atoms with E-state index >= 15 is 0 Å². The number of fused-ring (bicyclic) bond motifs is 1. The maximum Gasteiger partial charge on any atom is 0.256 e. The van der Waals surface area contributed by atoms with E-state index in [-0.39, 0.29) is 5.56 Å². The van der Waals surface area contributed by atoms with Gasteiger partial charge in [-0.05, 0) is 12.8 Å². The van der Waals surface area contributed by atoms with Crippen molar-refractivity contribution in [2.45, 2.75) is 38.5 Å². The molecule has 6 heteroatoms. The van der Waals surface area contributed by atoms with Gasteiger partial charge in [-0.3, -0.25) is 4.79 Å². The molecule has 2 aliphatic heterocycles. The first-order valence-electron chi connectivity index (χ1n) is 6.84. The lowest BCUT2D eigenvalue weighted by atomic mass is 10.1. The molecule has 1 saturated heterocycles. The van der Waals surface area contributed by atoms with Gasteiger partial charge < -0.3 is 19.8 Å². The summed E-state index contributed by atoms with van der Waals surface area (Å²) in [7, 11) is 0. The zero-order chi connectivity index (χ0) is 13.1. The lowest BCUT2D eigenvalue weighted by molar-refractivity contribution is 0.107. The summed E-state index contributed by atoms with van der Waals surface area (Å²) in [5.41, 5.74) is 1.48. The van der Waals surface area contributed by atoms with E-state index in [4.69, 9.17) is 9.47 Å². The molecular weight excluding hydrogens is 246 g/mol. The van der Waals surface area contributed by atoms with E-state index < -0.39 is 0 Å². The van der Waals surface area contributed by atoms with Gasteiger partial charge in [0.05, 0.1) is 37.1 Å². The predicted molar refractivity (Wildman–Crippen MR) is 68.9 cm³/mol. The van der Waals surface area contributed by atoms with Crippen LogP contribution in [0.4, 0.5) is 0 Å². The molecular formula is C13H19N3O3. The largest absolute Gasteiger partial charge is 0.377 e. The number of H-pyrrole nitrogens is 1. The average molecular weight is 265 g/mol. The molecule has 6 nitrogen and oxygen atoms in total. The molecule has 0 spiro atoms. The van der Waals surface area contributed by atoms with Gasteiger partial charge in [-0.1, -0.05) is 0 Å². The van der Waals surface area contributed by atoms with Crippen LogP contribution >= 0.6 is 0 Å². The molecule has 2 N–H and O–H groups in total. The fourth-order valence-electron chi connectivity index (χ4n) is 2.54. The average Bonchev–Trinajstić information content (AvgIpc) is 2.92. The second kappa shape index (κ2) is 5.81. The Morgan fingerprint density at radius 3 is 3.21 bits per heavy atom. The van der Waals surface area contributed by atoms with Crippen LogP contribution in [-0.4, -0.2) is 35.8 Å². The fourth-order valence-corrected chi connectivity index (χ4v) is 2.54. The first-order chi connectivity index (χ1) is 9.33. The maximum atomic E-state index is 11.9. The van der Waals surface area contributed by atoms with Crippen molar-refractivity contribution < 1.29 is 9.47 Å². The summed E-state index contributed by atoms with van der Waals surface area (Å²) in [6.07, 6.45) is 3.27. The van der Waals surface area contributed by atoms with Crippen LogP contribution in [0.3, 0.4) is 0 Å². The minimum Gasteiger partial charge on any atom is -0.377 e. The second-order valence-corrected chi connectivity index (χ2v) is 5.01. The molecule has 1 unspecified atom stereocenters. The van der Waals surface area contributed by atoms with Crippen molar-refractivity contribution in [3.05, 3.63) is 27.4 Å². The Hall–Kier alpha value is -1.24. The van der Waals surface area contributed by atoms with Crippen molar-refractivity contribution in [3.8, 4) is 0 Å². The van der Waals surface area contributed by atoms with E-state index in [0.717, 1.165) is 38.1 Å². The Morgan fingerprint density at radius 1 is 1.42 bits per heavy atom. The molecule has 1 aromatic rings. The summed E-state index contributed by atoms with van der Waals surface area (Å²) in [5.74, 6) is 0.698. The Balaban J connectivity index is 1.61. The van der Waals surface area contributed by atoms with Crippen molar-refractivity contribution in [1.29, 1.82) is 0 Å². The molecule has 19 heavy (non-hydrogen) atoms. The van der Waals surface area contributed by atoms with E-state index in [2.05, 4.69) is 15.3 Å². The zero-order valence-electron chi connectivity index (χ0n) is 10.9. The van der Waals surface area contributed by atoms with Gasteiger partial charge in [0.15, 0.2) is 0 Å². The molecule has 0 radical (unpaired) electrons. The maximum absolute atomic E-state index is 11.9. The number of aromatic nitrogens is 2. The molecule has 104 valence electrons. The Bertz CT molecular complexity index is 494. The molecule has 1 atom stereocenters. The van der Waals surface area contributed by atoms with Crippen LogP contribution in [0.2, 0.25) is 0 Å².